The number of aromatic nitrogens is 3. The van der Waals surface area contributed by atoms with Crippen LogP contribution < -0.4 is 5.32 Å². The average molecular weight is 384 g/mol. The van der Waals surface area contributed by atoms with E-state index in [0.29, 0.717) is 12.2 Å². The van der Waals surface area contributed by atoms with E-state index in [4.69, 9.17) is 0 Å². The molecule has 5 rings (SSSR count). The van der Waals surface area contributed by atoms with Crippen LogP contribution in [0, 0.1) is 0 Å². The molecule has 136 valence electrons. The molecule has 0 aliphatic carbocycles. The predicted molar refractivity (Wildman–Crippen MR) is 112 cm³/mol. The Hall–Kier alpha value is -3.51. The predicted octanol–water partition coefficient (Wildman–Crippen LogP) is 4.77. The number of para-hydroxylation sites is 2. The molecule has 2 aromatic carbocycles. The molecule has 0 atom stereocenters. The van der Waals surface area contributed by atoms with Gasteiger partial charge in [-0.1, -0.05) is 36.4 Å². The van der Waals surface area contributed by atoms with Gasteiger partial charge in [0.05, 0.1) is 23.3 Å². The van der Waals surface area contributed by atoms with E-state index in [9.17, 15) is 4.79 Å². The van der Waals surface area contributed by atoms with Crippen molar-refractivity contribution in [3.63, 3.8) is 0 Å². The highest BCUT2D eigenvalue weighted by molar-refractivity contribution is 7.17. The number of nitrogens with one attached hydrogen (secondary N) is 2. The number of pyridine rings is 1. The number of carbonyl (C=O) groups excluding carboxylic acids is 1. The minimum absolute atomic E-state index is 0.221. The fourth-order valence-corrected chi connectivity index (χ4v) is 4.19. The zero-order valence-corrected chi connectivity index (χ0v) is 15.7. The normalized spacial score (nSPS) is 11.1. The van der Waals surface area contributed by atoms with Crippen LogP contribution in [-0.4, -0.2) is 20.9 Å². The molecule has 0 aliphatic heterocycles. The summed E-state index contributed by atoms with van der Waals surface area (Å²) in [5.41, 5.74) is 4.08. The van der Waals surface area contributed by atoms with Gasteiger partial charge in [0, 0.05) is 21.0 Å². The minimum Gasteiger partial charge on any atom is -0.343 e. The highest BCUT2D eigenvalue weighted by Crippen LogP contribution is 2.32. The highest BCUT2D eigenvalue weighted by atomic mass is 32.1. The largest absolute Gasteiger partial charge is 0.343 e. The second-order valence-corrected chi connectivity index (χ2v) is 7.35. The van der Waals surface area contributed by atoms with Gasteiger partial charge in [0.2, 0.25) is 0 Å². The molecule has 2 N–H and O–H groups in total. The van der Waals surface area contributed by atoms with Gasteiger partial charge in [-0.3, -0.25) is 4.79 Å². The van der Waals surface area contributed by atoms with Gasteiger partial charge in [-0.05, 0) is 30.3 Å². The van der Waals surface area contributed by atoms with Gasteiger partial charge >= 0.3 is 0 Å². The minimum atomic E-state index is -0.221. The van der Waals surface area contributed by atoms with E-state index in [1.165, 1.54) is 4.70 Å². The Morgan fingerprint density at radius 1 is 0.964 bits per heavy atom. The number of aromatic amines is 1. The van der Waals surface area contributed by atoms with E-state index >= 15 is 0 Å². The Kier molecular flexibility index (Phi) is 4.10. The molecular formula is C22H16N4OS. The molecule has 28 heavy (non-hydrogen) atoms. The number of hydrogen-bond donors (Lipinski definition) is 2. The topological polar surface area (TPSA) is 70.7 Å². The molecule has 5 aromatic rings. The first-order valence-corrected chi connectivity index (χ1v) is 9.81. The van der Waals surface area contributed by atoms with Crippen molar-refractivity contribution >= 4 is 38.4 Å². The number of hydrogen-bond acceptors (Lipinski definition) is 4. The van der Waals surface area contributed by atoms with Crippen molar-refractivity contribution in [2.45, 2.75) is 6.54 Å². The summed E-state index contributed by atoms with van der Waals surface area (Å²) in [6.45, 7) is 0.320. The lowest BCUT2D eigenvalue weighted by Gasteiger charge is -2.05. The second kappa shape index (κ2) is 6.90. The molecule has 0 unspecified atom stereocenters. The number of thiophene rings is 1. The lowest BCUT2D eigenvalue weighted by Crippen LogP contribution is -2.24. The molecule has 0 bridgehead atoms. The third-order valence-electron chi connectivity index (χ3n) is 4.59. The van der Waals surface area contributed by atoms with E-state index in [2.05, 4.69) is 37.8 Å². The molecule has 0 spiro atoms. The smallest absolute Gasteiger partial charge is 0.270 e. The summed E-state index contributed by atoms with van der Waals surface area (Å²) < 4.78 is 1.21. The quantitative estimate of drug-likeness (QED) is 0.469. The molecule has 0 aliphatic rings. The first kappa shape index (κ1) is 16.6. The van der Waals surface area contributed by atoms with Gasteiger partial charge in [0.15, 0.2) is 0 Å². The van der Waals surface area contributed by atoms with Crippen molar-refractivity contribution in [2.75, 3.05) is 0 Å². The Morgan fingerprint density at radius 2 is 1.82 bits per heavy atom. The van der Waals surface area contributed by atoms with Crippen LogP contribution >= 0.6 is 11.3 Å². The van der Waals surface area contributed by atoms with Crippen LogP contribution in [-0.2, 0) is 6.54 Å². The second-order valence-electron chi connectivity index (χ2n) is 6.44. The van der Waals surface area contributed by atoms with Crippen LogP contribution in [0.2, 0.25) is 0 Å². The number of benzene rings is 2. The lowest BCUT2D eigenvalue weighted by molar-refractivity contribution is 0.0945. The van der Waals surface area contributed by atoms with Crippen LogP contribution in [0.3, 0.4) is 0 Å². The van der Waals surface area contributed by atoms with Gasteiger partial charge in [-0.15, -0.1) is 11.3 Å². The lowest BCUT2D eigenvalue weighted by atomic mass is 10.1. The summed E-state index contributed by atoms with van der Waals surface area (Å²) in [6.07, 6.45) is 0. The number of rotatable bonds is 4. The summed E-state index contributed by atoms with van der Waals surface area (Å²) >= 11 is 1.68. The zero-order valence-electron chi connectivity index (χ0n) is 14.8. The van der Waals surface area contributed by atoms with Crippen molar-refractivity contribution in [1.82, 2.24) is 20.3 Å². The summed E-state index contributed by atoms with van der Waals surface area (Å²) in [5.74, 6) is 0.497. The van der Waals surface area contributed by atoms with E-state index in [-0.39, 0.29) is 5.91 Å². The molecule has 0 saturated carbocycles. The van der Waals surface area contributed by atoms with Gasteiger partial charge in [-0.25, -0.2) is 9.97 Å². The Bertz CT molecular complexity index is 1270. The van der Waals surface area contributed by atoms with Gasteiger partial charge in [0.1, 0.15) is 11.5 Å². The number of carbonyl (C=O) groups is 1. The Morgan fingerprint density at radius 3 is 2.75 bits per heavy atom. The summed E-state index contributed by atoms with van der Waals surface area (Å²) in [5, 5.41) is 6.13. The third-order valence-corrected chi connectivity index (χ3v) is 5.56. The van der Waals surface area contributed by atoms with Crippen molar-refractivity contribution in [2.24, 2.45) is 0 Å². The van der Waals surface area contributed by atoms with Crippen LogP contribution in [0.1, 0.15) is 16.3 Å². The SMILES string of the molecule is O=C(NCc1nc2ccccc2[nH]1)c1cccc(-c2csc3ccccc23)n1. The molecular weight excluding hydrogens is 368 g/mol. The number of fused-ring (bicyclic) bond motifs is 2. The monoisotopic (exact) mass is 384 g/mol. The number of imidazole rings is 1. The molecule has 3 aromatic heterocycles. The van der Waals surface area contributed by atoms with Crippen molar-refractivity contribution in [3.05, 3.63) is 83.6 Å². The maximum absolute atomic E-state index is 12.6. The van der Waals surface area contributed by atoms with E-state index < -0.39 is 0 Å². The fraction of sp³-hybridized carbons (Fsp3) is 0.0455. The van der Waals surface area contributed by atoms with E-state index in [0.717, 1.165) is 33.5 Å². The first-order valence-electron chi connectivity index (χ1n) is 8.93. The van der Waals surface area contributed by atoms with Gasteiger partial charge in [0.25, 0.3) is 5.91 Å². The molecule has 5 nitrogen and oxygen atoms in total. The summed E-state index contributed by atoms with van der Waals surface area (Å²) in [4.78, 5) is 24.9. The van der Waals surface area contributed by atoms with E-state index in [1.54, 1.807) is 17.4 Å². The Balaban J connectivity index is 1.37. The van der Waals surface area contributed by atoms with Crippen molar-refractivity contribution < 1.29 is 4.79 Å². The number of amides is 1. The summed E-state index contributed by atoms with van der Waals surface area (Å²) in [6, 6.07) is 21.5. The van der Waals surface area contributed by atoms with Crippen LogP contribution in [0.4, 0.5) is 0 Å². The average Bonchev–Trinajstić information content (AvgIpc) is 3.36. The van der Waals surface area contributed by atoms with Crippen molar-refractivity contribution in [3.8, 4) is 11.3 Å². The standard InChI is InChI=1S/C22H16N4OS/c27-22(23-12-21-25-17-7-2-3-8-18(17)26-21)19-10-5-9-16(24-19)15-13-28-20-11-4-1-6-14(15)20/h1-11,13H,12H2,(H,23,27)(H,25,26). The number of nitrogens with zero attached hydrogens (tertiary/aromatic N) is 2. The molecule has 6 heteroatoms. The first-order chi connectivity index (χ1) is 13.8. The van der Waals surface area contributed by atoms with Crippen LogP contribution in [0.5, 0.6) is 0 Å². The maximum Gasteiger partial charge on any atom is 0.270 e. The molecule has 0 saturated heterocycles. The van der Waals surface area contributed by atoms with Crippen molar-refractivity contribution in [1.29, 1.82) is 0 Å². The highest BCUT2D eigenvalue weighted by Gasteiger charge is 2.12. The van der Waals surface area contributed by atoms with E-state index in [1.807, 2.05) is 48.5 Å². The van der Waals surface area contributed by atoms with Gasteiger partial charge < -0.3 is 10.3 Å². The van der Waals surface area contributed by atoms with Gasteiger partial charge in [-0.2, -0.15) is 0 Å². The molecule has 1 amide bonds. The summed E-state index contributed by atoms with van der Waals surface area (Å²) in [7, 11) is 0. The van der Waals surface area contributed by atoms with Crippen LogP contribution in [0.15, 0.2) is 72.1 Å². The maximum atomic E-state index is 12.6. The molecule has 0 fully saturated rings. The molecule has 3 heterocycles. The third kappa shape index (κ3) is 3.04. The fourth-order valence-electron chi connectivity index (χ4n) is 3.23. The molecule has 0 radical (unpaired) electrons. The number of H-pyrrole nitrogens is 1. The Labute approximate surface area is 165 Å². The zero-order chi connectivity index (χ0) is 18.9. The van der Waals surface area contributed by atoms with Crippen LogP contribution in [0.25, 0.3) is 32.4 Å².